The first-order chi connectivity index (χ1) is 15.9. The number of hydrogen-bond donors (Lipinski definition) is 3. The number of fused-ring (bicyclic) bond motifs is 1. The summed E-state index contributed by atoms with van der Waals surface area (Å²) in [6, 6.07) is 17.9. The second-order valence-electron chi connectivity index (χ2n) is 7.21. The molecule has 4 aromatic rings. The van der Waals surface area contributed by atoms with E-state index in [1.54, 1.807) is 61.7 Å². The third-order valence-electron chi connectivity index (χ3n) is 5.14. The predicted molar refractivity (Wildman–Crippen MR) is 126 cm³/mol. The average Bonchev–Trinajstić information content (AvgIpc) is 2.82. The maximum Gasteiger partial charge on any atom is 0.335 e. The molecular formula is C24H19N3O5S. The van der Waals surface area contributed by atoms with Crippen LogP contribution in [0.1, 0.15) is 26.3 Å². The number of rotatable bonds is 6. The normalized spacial score (nSPS) is 10.7. The zero-order chi connectivity index (χ0) is 23.5. The van der Waals surface area contributed by atoms with Gasteiger partial charge in [-0.3, -0.25) is 14.2 Å². The maximum absolute atomic E-state index is 13.1. The third-order valence-corrected chi connectivity index (χ3v) is 5.43. The molecule has 0 saturated heterocycles. The van der Waals surface area contributed by atoms with Gasteiger partial charge in [0.1, 0.15) is 5.75 Å². The van der Waals surface area contributed by atoms with Crippen molar-refractivity contribution in [3.05, 3.63) is 98.5 Å². The fraction of sp³-hybridized carbons (Fsp3) is 0.0833. The molecule has 8 nitrogen and oxygen atoms in total. The van der Waals surface area contributed by atoms with Crippen LogP contribution in [0.25, 0.3) is 16.6 Å². The Balaban J connectivity index is 1.58. The lowest BCUT2D eigenvalue weighted by molar-refractivity contribution is 0.0696. The number of H-pyrrole nitrogens is 1. The van der Waals surface area contributed by atoms with Gasteiger partial charge < -0.3 is 20.1 Å². The van der Waals surface area contributed by atoms with Gasteiger partial charge in [-0.15, -0.1) is 0 Å². The molecule has 3 aromatic carbocycles. The molecule has 9 heteroatoms. The van der Waals surface area contributed by atoms with E-state index >= 15 is 0 Å². The van der Waals surface area contributed by atoms with Gasteiger partial charge in [0.25, 0.3) is 11.5 Å². The van der Waals surface area contributed by atoms with E-state index in [0.29, 0.717) is 27.9 Å². The van der Waals surface area contributed by atoms with Gasteiger partial charge in [-0.05, 0) is 72.4 Å². The number of aromatic carboxylic acids is 1. The molecule has 0 aliphatic carbocycles. The number of carboxylic acids is 1. The number of benzene rings is 3. The molecule has 0 unspecified atom stereocenters. The van der Waals surface area contributed by atoms with E-state index in [-0.39, 0.29) is 28.3 Å². The van der Waals surface area contributed by atoms with Crippen molar-refractivity contribution in [2.75, 3.05) is 7.11 Å². The molecule has 1 amide bonds. The average molecular weight is 461 g/mol. The molecule has 0 aliphatic rings. The predicted octanol–water partition coefficient (Wildman–Crippen LogP) is 3.69. The lowest BCUT2D eigenvalue weighted by atomic mass is 10.1. The summed E-state index contributed by atoms with van der Waals surface area (Å²) < 4.78 is 6.74. The Morgan fingerprint density at radius 2 is 1.70 bits per heavy atom. The van der Waals surface area contributed by atoms with Crippen molar-refractivity contribution in [1.82, 2.24) is 14.9 Å². The quantitative estimate of drug-likeness (QED) is 0.378. The second-order valence-corrected chi connectivity index (χ2v) is 7.60. The van der Waals surface area contributed by atoms with Gasteiger partial charge in [0, 0.05) is 12.1 Å². The van der Waals surface area contributed by atoms with Crippen LogP contribution in [-0.4, -0.2) is 33.6 Å². The minimum Gasteiger partial charge on any atom is -0.497 e. The lowest BCUT2D eigenvalue weighted by Gasteiger charge is -2.10. The highest BCUT2D eigenvalue weighted by Crippen LogP contribution is 2.16. The van der Waals surface area contributed by atoms with E-state index in [4.69, 9.17) is 22.1 Å². The topological polar surface area (TPSA) is 113 Å². The maximum atomic E-state index is 13.1. The molecule has 0 spiro atoms. The highest BCUT2D eigenvalue weighted by atomic mass is 32.1. The van der Waals surface area contributed by atoms with Gasteiger partial charge >= 0.3 is 5.97 Å². The van der Waals surface area contributed by atoms with Crippen molar-refractivity contribution in [3.63, 3.8) is 0 Å². The molecule has 0 atom stereocenters. The summed E-state index contributed by atoms with van der Waals surface area (Å²) >= 11 is 5.40. The van der Waals surface area contributed by atoms with Gasteiger partial charge in [-0.2, -0.15) is 0 Å². The van der Waals surface area contributed by atoms with E-state index < -0.39 is 5.97 Å². The Morgan fingerprint density at radius 3 is 2.33 bits per heavy atom. The number of carboxylic acid groups (broad SMARTS) is 1. The fourth-order valence-corrected chi connectivity index (χ4v) is 3.67. The zero-order valence-electron chi connectivity index (χ0n) is 17.5. The summed E-state index contributed by atoms with van der Waals surface area (Å²) in [5.41, 5.74) is 2.04. The Bertz CT molecular complexity index is 1470. The van der Waals surface area contributed by atoms with Crippen LogP contribution in [0.2, 0.25) is 0 Å². The monoisotopic (exact) mass is 461 g/mol. The molecule has 0 saturated carbocycles. The van der Waals surface area contributed by atoms with Crippen molar-refractivity contribution in [1.29, 1.82) is 0 Å². The smallest absolute Gasteiger partial charge is 0.335 e. The minimum absolute atomic E-state index is 0.176. The van der Waals surface area contributed by atoms with E-state index in [0.717, 1.165) is 5.56 Å². The number of nitrogens with zero attached hydrogens (tertiary/aromatic N) is 1. The van der Waals surface area contributed by atoms with E-state index in [1.807, 2.05) is 0 Å². The molecular weight excluding hydrogens is 442 g/mol. The van der Waals surface area contributed by atoms with Gasteiger partial charge in [-0.25, -0.2) is 4.79 Å². The van der Waals surface area contributed by atoms with Crippen LogP contribution < -0.4 is 15.6 Å². The molecule has 1 aromatic heterocycles. The van der Waals surface area contributed by atoms with Crippen molar-refractivity contribution >= 4 is 35.0 Å². The number of aromatic amines is 1. The van der Waals surface area contributed by atoms with Crippen LogP contribution in [0.4, 0.5) is 0 Å². The Hall–Kier alpha value is -4.24. The summed E-state index contributed by atoms with van der Waals surface area (Å²) in [6.45, 7) is 0.228. The summed E-state index contributed by atoms with van der Waals surface area (Å²) in [5, 5.41) is 12.1. The number of amides is 1. The van der Waals surface area contributed by atoms with Crippen LogP contribution in [0, 0.1) is 4.77 Å². The van der Waals surface area contributed by atoms with E-state index in [1.165, 1.54) is 16.7 Å². The fourth-order valence-electron chi connectivity index (χ4n) is 3.37. The number of carbonyl (C=O) groups is 2. The van der Waals surface area contributed by atoms with E-state index in [2.05, 4.69) is 10.3 Å². The van der Waals surface area contributed by atoms with Crippen LogP contribution in [-0.2, 0) is 6.54 Å². The molecule has 0 bridgehead atoms. The van der Waals surface area contributed by atoms with Crippen molar-refractivity contribution in [2.24, 2.45) is 0 Å². The second kappa shape index (κ2) is 9.09. The highest BCUT2D eigenvalue weighted by molar-refractivity contribution is 7.71. The van der Waals surface area contributed by atoms with Crippen molar-refractivity contribution in [2.45, 2.75) is 6.54 Å². The summed E-state index contributed by atoms with van der Waals surface area (Å²) in [4.78, 5) is 39.6. The Kier molecular flexibility index (Phi) is 6.05. The summed E-state index contributed by atoms with van der Waals surface area (Å²) in [5.74, 6) is -0.681. The van der Waals surface area contributed by atoms with Gasteiger partial charge in [0.05, 0.1) is 29.3 Å². The number of aromatic nitrogens is 2. The summed E-state index contributed by atoms with van der Waals surface area (Å²) in [6.07, 6.45) is 0. The van der Waals surface area contributed by atoms with Gasteiger partial charge in [0.2, 0.25) is 0 Å². The first-order valence-electron chi connectivity index (χ1n) is 9.91. The number of hydrogen-bond acceptors (Lipinski definition) is 5. The zero-order valence-corrected chi connectivity index (χ0v) is 18.3. The highest BCUT2D eigenvalue weighted by Gasteiger charge is 2.12. The molecule has 4 rings (SSSR count). The number of ether oxygens (including phenoxy) is 1. The van der Waals surface area contributed by atoms with Crippen molar-refractivity contribution < 1.29 is 19.4 Å². The Morgan fingerprint density at radius 1 is 1.03 bits per heavy atom. The molecule has 0 aliphatic heterocycles. The van der Waals surface area contributed by atoms with Crippen LogP contribution >= 0.6 is 12.2 Å². The first-order valence-corrected chi connectivity index (χ1v) is 10.3. The number of nitrogens with one attached hydrogen (secondary N) is 2. The standard InChI is InChI=1S/C24H19N3O5S/c1-32-18-9-7-17(8-10-18)27-22(29)19-11-6-16(12-20(19)26-24(27)33)21(28)25-13-14-2-4-15(5-3-14)23(30)31/h2-12H,13H2,1H3,(H,25,28)(H,26,33)(H,30,31). The molecule has 166 valence electrons. The molecule has 0 fully saturated rings. The Labute approximate surface area is 193 Å². The third kappa shape index (κ3) is 4.53. The minimum atomic E-state index is -1.01. The van der Waals surface area contributed by atoms with Crippen LogP contribution in [0.5, 0.6) is 5.75 Å². The SMILES string of the molecule is COc1ccc(-n2c(=S)[nH]c3cc(C(=O)NCc4ccc(C(=O)O)cc4)ccc3c2=O)cc1. The molecule has 33 heavy (non-hydrogen) atoms. The van der Waals surface area contributed by atoms with Crippen LogP contribution in [0.15, 0.2) is 71.5 Å². The van der Waals surface area contributed by atoms with Gasteiger partial charge in [-0.1, -0.05) is 12.1 Å². The molecule has 3 N–H and O–H groups in total. The lowest BCUT2D eigenvalue weighted by Crippen LogP contribution is -2.24. The van der Waals surface area contributed by atoms with Crippen LogP contribution in [0.3, 0.4) is 0 Å². The molecule has 0 radical (unpaired) electrons. The van der Waals surface area contributed by atoms with Crippen molar-refractivity contribution in [3.8, 4) is 11.4 Å². The first kappa shape index (κ1) is 22.0. The number of methoxy groups -OCH3 is 1. The van der Waals surface area contributed by atoms with E-state index in [9.17, 15) is 14.4 Å². The van der Waals surface area contributed by atoms with Gasteiger partial charge in [0.15, 0.2) is 4.77 Å². The summed E-state index contributed by atoms with van der Waals surface area (Å²) in [7, 11) is 1.56. The largest absolute Gasteiger partial charge is 0.497 e. The molecule has 1 heterocycles. The number of carbonyl (C=O) groups excluding carboxylic acids is 1.